The lowest BCUT2D eigenvalue weighted by Crippen LogP contribution is -2.52. The minimum Gasteiger partial charge on any atom is -0.366 e. The molecule has 1 aliphatic rings. The Labute approximate surface area is 147 Å². The van der Waals surface area contributed by atoms with Gasteiger partial charge in [0.1, 0.15) is 5.02 Å². The van der Waals surface area contributed by atoms with Gasteiger partial charge in [-0.15, -0.1) is 0 Å². The second kappa shape index (κ2) is 7.36. The van der Waals surface area contributed by atoms with E-state index < -0.39 is 0 Å². The molecule has 1 atom stereocenters. The first-order valence-corrected chi connectivity index (χ1v) is 8.72. The number of anilines is 1. The van der Waals surface area contributed by atoms with Crippen LogP contribution in [0, 0.1) is 0 Å². The summed E-state index contributed by atoms with van der Waals surface area (Å²) in [5, 5.41) is 4.38. The van der Waals surface area contributed by atoms with Crippen molar-refractivity contribution in [3.63, 3.8) is 0 Å². The molecule has 5 nitrogen and oxygen atoms in total. The van der Waals surface area contributed by atoms with Crippen LogP contribution in [0.5, 0.6) is 0 Å². The standard InChI is InChI=1S/C18H23ClN4O/c1-3-15-13-23(16-11-20-21(2)18(24)17(16)19)10-9-22(15)12-14-7-5-4-6-8-14/h4-8,11,15H,3,9-10,12-13H2,1-2H3. The molecule has 0 bridgehead atoms. The number of halogens is 1. The number of nitrogens with zero attached hydrogens (tertiary/aromatic N) is 4. The first kappa shape index (κ1) is 17.0. The van der Waals surface area contributed by atoms with Gasteiger partial charge in [-0.2, -0.15) is 5.10 Å². The zero-order valence-corrected chi connectivity index (χ0v) is 14.9. The monoisotopic (exact) mass is 346 g/mol. The molecule has 0 aliphatic carbocycles. The molecule has 24 heavy (non-hydrogen) atoms. The highest BCUT2D eigenvalue weighted by Gasteiger charge is 2.27. The smallest absolute Gasteiger partial charge is 0.287 e. The predicted octanol–water partition coefficient (Wildman–Crippen LogP) is 2.53. The van der Waals surface area contributed by atoms with Crippen molar-refractivity contribution in [2.75, 3.05) is 24.5 Å². The van der Waals surface area contributed by atoms with Gasteiger partial charge in [-0.05, 0) is 12.0 Å². The highest BCUT2D eigenvalue weighted by Crippen LogP contribution is 2.25. The van der Waals surface area contributed by atoms with E-state index in [1.165, 1.54) is 10.2 Å². The van der Waals surface area contributed by atoms with Gasteiger partial charge in [-0.25, -0.2) is 4.68 Å². The van der Waals surface area contributed by atoms with Crippen molar-refractivity contribution in [2.24, 2.45) is 7.05 Å². The van der Waals surface area contributed by atoms with Crippen LogP contribution in [-0.2, 0) is 13.6 Å². The number of aryl methyl sites for hydroxylation is 1. The van der Waals surface area contributed by atoms with Crippen LogP contribution in [0.1, 0.15) is 18.9 Å². The highest BCUT2D eigenvalue weighted by molar-refractivity contribution is 6.33. The maximum atomic E-state index is 12.0. The zero-order chi connectivity index (χ0) is 17.1. The molecule has 1 saturated heterocycles. The van der Waals surface area contributed by atoms with Gasteiger partial charge in [0.05, 0.1) is 11.9 Å². The highest BCUT2D eigenvalue weighted by atomic mass is 35.5. The van der Waals surface area contributed by atoms with Crippen molar-refractivity contribution in [1.29, 1.82) is 0 Å². The zero-order valence-electron chi connectivity index (χ0n) is 14.2. The summed E-state index contributed by atoms with van der Waals surface area (Å²) >= 11 is 6.26. The summed E-state index contributed by atoms with van der Waals surface area (Å²) in [6.45, 7) is 5.81. The lowest BCUT2D eigenvalue weighted by molar-refractivity contribution is 0.163. The Morgan fingerprint density at radius 2 is 2.00 bits per heavy atom. The van der Waals surface area contributed by atoms with Gasteiger partial charge in [-0.3, -0.25) is 9.69 Å². The van der Waals surface area contributed by atoms with Gasteiger partial charge >= 0.3 is 0 Å². The lowest BCUT2D eigenvalue weighted by atomic mass is 10.1. The SMILES string of the molecule is CCC1CN(c2cnn(C)c(=O)c2Cl)CCN1Cc1ccccc1. The van der Waals surface area contributed by atoms with E-state index in [-0.39, 0.29) is 10.6 Å². The van der Waals surface area contributed by atoms with Crippen molar-refractivity contribution in [1.82, 2.24) is 14.7 Å². The van der Waals surface area contributed by atoms with Gasteiger partial charge in [0.2, 0.25) is 0 Å². The van der Waals surface area contributed by atoms with Crippen molar-refractivity contribution < 1.29 is 0 Å². The largest absolute Gasteiger partial charge is 0.366 e. The maximum Gasteiger partial charge on any atom is 0.287 e. The number of piperazine rings is 1. The van der Waals surface area contributed by atoms with Crippen molar-refractivity contribution in [2.45, 2.75) is 25.9 Å². The molecule has 1 aromatic carbocycles. The molecule has 6 heteroatoms. The summed E-state index contributed by atoms with van der Waals surface area (Å²) in [5.41, 5.74) is 1.84. The van der Waals surface area contributed by atoms with E-state index in [0.29, 0.717) is 6.04 Å². The maximum absolute atomic E-state index is 12.0. The molecule has 0 spiro atoms. The van der Waals surface area contributed by atoms with Crippen LogP contribution >= 0.6 is 11.6 Å². The van der Waals surface area contributed by atoms with Crippen LogP contribution in [0.25, 0.3) is 0 Å². The van der Waals surface area contributed by atoms with Crippen LogP contribution in [0.15, 0.2) is 41.3 Å². The molecule has 2 heterocycles. The quantitative estimate of drug-likeness (QED) is 0.853. The Bertz CT molecular complexity index is 746. The molecular formula is C18H23ClN4O. The van der Waals surface area contributed by atoms with E-state index in [9.17, 15) is 4.79 Å². The van der Waals surface area contributed by atoms with E-state index >= 15 is 0 Å². The Kier molecular flexibility index (Phi) is 5.21. The van der Waals surface area contributed by atoms with E-state index in [1.807, 2.05) is 6.07 Å². The second-order valence-corrected chi connectivity index (χ2v) is 6.61. The summed E-state index contributed by atoms with van der Waals surface area (Å²) in [7, 11) is 1.62. The van der Waals surface area contributed by atoms with Gasteiger partial charge in [0, 0.05) is 39.3 Å². The van der Waals surface area contributed by atoms with Crippen LogP contribution in [0.3, 0.4) is 0 Å². The van der Waals surface area contributed by atoms with Crippen LogP contribution in [0.4, 0.5) is 5.69 Å². The average molecular weight is 347 g/mol. The third-order valence-corrected chi connectivity index (χ3v) is 5.06. The predicted molar refractivity (Wildman–Crippen MR) is 97.6 cm³/mol. The van der Waals surface area contributed by atoms with E-state index in [1.54, 1.807) is 13.2 Å². The van der Waals surface area contributed by atoms with E-state index in [0.717, 1.165) is 38.3 Å². The van der Waals surface area contributed by atoms with Crippen LogP contribution in [0.2, 0.25) is 5.02 Å². The fourth-order valence-electron chi connectivity index (χ4n) is 3.25. The number of rotatable bonds is 4. The van der Waals surface area contributed by atoms with Crippen molar-refractivity contribution in [3.8, 4) is 0 Å². The molecule has 3 rings (SSSR count). The molecule has 0 radical (unpaired) electrons. The van der Waals surface area contributed by atoms with Crippen molar-refractivity contribution >= 4 is 17.3 Å². The van der Waals surface area contributed by atoms with Gasteiger partial charge in [0.25, 0.3) is 5.56 Å². The Hall–Kier alpha value is -1.85. The topological polar surface area (TPSA) is 41.4 Å². The lowest BCUT2D eigenvalue weighted by Gasteiger charge is -2.42. The van der Waals surface area contributed by atoms with Gasteiger partial charge in [0.15, 0.2) is 0 Å². The molecule has 1 aromatic heterocycles. The van der Waals surface area contributed by atoms with E-state index in [2.05, 4.69) is 46.1 Å². The molecule has 0 saturated carbocycles. The fraction of sp³-hybridized carbons (Fsp3) is 0.444. The summed E-state index contributed by atoms with van der Waals surface area (Å²) in [6.07, 6.45) is 2.75. The van der Waals surface area contributed by atoms with Crippen LogP contribution < -0.4 is 10.5 Å². The first-order valence-electron chi connectivity index (χ1n) is 8.35. The Balaban J connectivity index is 1.75. The minimum atomic E-state index is -0.242. The third kappa shape index (κ3) is 3.47. The molecule has 0 N–H and O–H groups in total. The summed E-state index contributed by atoms with van der Waals surface area (Å²) in [6, 6.07) is 11.0. The summed E-state index contributed by atoms with van der Waals surface area (Å²) in [4.78, 5) is 16.7. The minimum absolute atomic E-state index is 0.242. The van der Waals surface area contributed by atoms with Crippen molar-refractivity contribution in [3.05, 3.63) is 57.5 Å². The number of hydrogen-bond donors (Lipinski definition) is 0. The fourth-order valence-corrected chi connectivity index (χ4v) is 3.54. The number of benzene rings is 1. The average Bonchev–Trinajstić information content (AvgIpc) is 2.61. The normalized spacial score (nSPS) is 18.8. The molecule has 2 aromatic rings. The number of hydrogen-bond acceptors (Lipinski definition) is 4. The molecule has 128 valence electrons. The first-order chi connectivity index (χ1) is 11.6. The number of aromatic nitrogens is 2. The summed E-state index contributed by atoms with van der Waals surface area (Å²) in [5.74, 6) is 0. The summed E-state index contributed by atoms with van der Waals surface area (Å²) < 4.78 is 1.27. The molecular weight excluding hydrogens is 324 g/mol. The molecule has 1 unspecified atom stereocenters. The second-order valence-electron chi connectivity index (χ2n) is 6.24. The van der Waals surface area contributed by atoms with Gasteiger partial charge < -0.3 is 4.90 Å². The van der Waals surface area contributed by atoms with Crippen LogP contribution in [-0.4, -0.2) is 40.4 Å². The molecule has 0 amide bonds. The molecule has 1 aliphatic heterocycles. The molecule has 1 fully saturated rings. The Morgan fingerprint density at radius 3 is 2.71 bits per heavy atom. The van der Waals surface area contributed by atoms with E-state index in [4.69, 9.17) is 11.6 Å². The Morgan fingerprint density at radius 1 is 1.25 bits per heavy atom. The third-order valence-electron chi connectivity index (χ3n) is 4.70. The van der Waals surface area contributed by atoms with Gasteiger partial charge in [-0.1, -0.05) is 48.9 Å².